The van der Waals surface area contributed by atoms with Crippen LogP contribution in [0.5, 0.6) is 0 Å². The third-order valence-electron chi connectivity index (χ3n) is 7.64. The zero-order valence-electron chi connectivity index (χ0n) is 25.4. The molecule has 0 saturated heterocycles. The number of benzene rings is 3. The van der Waals surface area contributed by atoms with Gasteiger partial charge in [0, 0.05) is 5.92 Å². The summed E-state index contributed by atoms with van der Waals surface area (Å²) in [5.74, 6) is -2.54. The van der Waals surface area contributed by atoms with Crippen LogP contribution < -0.4 is 0 Å². The SMILES string of the molecule is CC=Cc1cc(C(F)(F)F)c(Cc2cc(C(F)(F)F)c(C(C)c3cc(C(F)(F)F)c(CC)c(C(F)(F)F)c3)c(C(F)(F)F)c2)c(C(F)(F)F)c1. The number of halogens is 18. The maximum Gasteiger partial charge on any atom is 0.416 e. The predicted octanol–water partition coefficient (Wildman–Crippen LogP) is 13.1. The molecule has 0 bridgehead atoms. The lowest BCUT2D eigenvalue weighted by Crippen LogP contribution is -2.22. The molecule has 276 valence electrons. The van der Waals surface area contributed by atoms with Gasteiger partial charge in [0.15, 0.2) is 0 Å². The van der Waals surface area contributed by atoms with E-state index >= 15 is 0 Å². The Balaban J connectivity index is 2.48. The van der Waals surface area contributed by atoms with E-state index in [0.29, 0.717) is 6.92 Å². The molecule has 3 aromatic carbocycles. The summed E-state index contributed by atoms with van der Waals surface area (Å²) in [6.45, 7) is 2.58. The largest absolute Gasteiger partial charge is 0.416 e. The highest BCUT2D eigenvalue weighted by atomic mass is 19.4. The van der Waals surface area contributed by atoms with E-state index in [0.717, 1.165) is 19.1 Å². The summed E-state index contributed by atoms with van der Waals surface area (Å²) in [5, 5.41) is 0. The summed E-state index contributed by atoms with van der Waals surface area (Å²) < 4.78 is 254. The Morgan fingerprint density at radius 3 is 1.14 bits per heavy atom. The van der Waals surface area contributed by atoms with Gasteiger partial charge in [-0.3, -0.25) is 0 Å². The van der Waals surface area contributed by atoms with Crippen molar-refractivity contribution in [3.05, 3.63) is 109 Å². The summed E-state index contributed by atoms with van der Waals surface area (Å²) in [7, 11) is 0. The van der Waals surface area contributed by atoms with Gasteiger partial charge in [0.2, 0.25) is 0 Å². The molecule has 0 spiro atoms. The highest BCUT2D eigenvalue weighted by molar-refractivity contribution is 5.57. The molecule has 1 unspecified atom stereocenters. The van der Waals surface area contributed by atoms with Gasteiger partial charge >= 0.3 is 37.1 Å². The second-order valence-electron chi connectivity index (χ2n) is 11.0. The lowest BCUT2D eigenvalue weighted by molar-refractivity contribution is -0.146. The van der Waals surface area contributed by atoms with Gasteiger partial charge in [-0.1, -0.05) is 26.0 Å². The second kappa shape index (κ2) is 13.4. The molecule has 1 atom stereocenters. The fraction of sp³-hybridized carbons (Fsp3) is 0.375. The van der Waals surface area contributed by atoms with Gasteiger partial charge in [-0.2, -0.15) is 79.0 Å². The molecule has 0 aliphatic heterocycles. The lowest BCUT2D eigenvalue weighted by Gasteiger charge is -2.27. The van der Waals surface area contributed by atoms with Crippen molar-refractivity contribution in [3.8, 4) is 0 Å². The molecule has 3 rings (SSSR count). The highest BCUT2D eigenvalue weighted by Crippen LogP contribution is 2.49. The van der Waals surface area contributed by atoms with Gasteiger partial charge in [-0.05, 0) is 89.5 Å². The Labute approximate surface area is 271 Å². The minimum absolute atomic E-state index is 0.0372. The normalized spacial score (nSPS) is 14.5. The van der Waals surface area contributed by atoms with Crippen LogP contribution in [-0.2, 0) is 49.9 Å². The molecule has 18 heteroatoms. The summed E-state index contributed by atoms with van der Waals surface area (Å²) in [6.07, 6.45) is -34.9. The molecule has 0 aliphatic rings. The Hall–Kier alpha value is -3.86. The molecular formula is C32H22F18. The molecule has 0 fully saturated rings. The molecule has 3 aromatic rings. The minimum Gasteiger partial charge on any atom is -0.166 e. The van der Waals surface area contributed by atoms with E-state index in [4.69, 9.17) is 0 Å². The number of rotatable bonds is 6. The van der Waals surface area contributed by atoms with Crippen molar-refractivity contribution in [3.63, 3.8) is 0 Å². The molecule has 0 N–H and O–H groups in total. The highest BCUT2D eigenvalue weighted by Gasteiger charge is 2.46. The first-order valence-electron chi connectivity index (χ1n) is 14.0. The lowest BCUT2D eigenvalue weighted by atomic mass is 9.81. The maximum absolute atomic E-state index is 14.4. The fourth-order valence-electron chi connectivity index (χ4n) is 5.63. The van der Waals surface area contributed by atoms with Crippen LogP contribution in [0.2, 0.25) is 0 Å². The van der Waals surface area contributed by atoms with Crippen LogP contribution in [-0.4, -0.2) is 0 Å². The minimum atomic E-state index is -5.90. The van der Waals surface area contributed by atoms with Crippen LogP contribution in [0, 0.1) is 0 Å². The molecule has 0 nitrogen and oxygen atoms in total. The summed E-state index contributed by atoms with van der Waals surface area (Å²) in [4.78, 5) is 0. The molecule has 0 amide bonds. The van der Waals surface area contributed by atoms with Crippen LogP contribution in [0.1, 0.15) is 93.5 Å². The zero-order chi connectivity index (χ0) is 38.6. The number of hydrogen-bond donors (Lipinski definition) is 0. The zero-order valence-corrected chi connectivity index (χ0v) is 25.4. The average molecular weight is 748 g/mol. The Bertz CT molecular complexity index is 1630. The van der Waals surface area contributed by atoms with Gasteiger partial charge < -0.3 is 0 Å². The fourth-order valence-corrected chi connectivity index (χ4v) is 5.63. The maximum atomic E-state index is 14.4. The van der Waals surface area contributed by atoms with E-state index < -0.39 is 123 Å². The molecular weight excluding hydrogens is 726 g/mol. The van der Waals surface area contributed by atoms with Crippen LogP contribution in [0.4, 0.5) is 79.0 Å². The van der Waals surface area contributed by atoms with Gasteiger partial charge in [0.05, 0.1) is 33.4 Å². The first-order valence-corrected chi connectivity index (χ1v) is 14.0. The second-order valence-corrected chi connectivity index (χ2v) is 11.0. The Morgan fingerprint density at radius 2 is 0.840 bits per heavy atom. The Morgan fingerprint density at radius 1 is 0.500 bits per heavy atom. The third-order valence-corrected chi connectivity index (χ3v) is 7.64. The van der Waals surface area contributed by atoms with Gasteiger partial charge in [0.1, 0.15) is 0 Å². The van der Waals surface area contributed by atoms with Crippen molar-refractivity contribution in [2.75, 3.05) is 0 Å². The van der Waals surface area contributed by atoms with Crippen molar-refractivity contribution >= 4 is 6.08 Å². The summed E-state index contributed by atoms with van der Waals surface area (Å²) in [5.41, 5.74) is -21.1. The number of allylic oxidation sites excluding steroid dienone is 1. The van der Waals surface area contributed by atoms with E-state index in [1.54, 1.807) is 0 Å². The standard InChI is InChI=1S/C32H22F18/c1-4-6-15-8-20(27(33,34)35)19(21(9-15)28(36,37)38)7-16-10-24(31(45,46)47)26(25(11-16)32(48,49)50)14(3)17-12-22(29(39,40)41)18(5-2)23(13-17)30(42,43)44/h4,6,8-14H,5,7H2,1-3H3. The van der Waals surface area contributed by atoms with Crippen LogP contribution in [0.3, 0.4) is 0 Å². The van der Waals surface area contributed by atoms with Crippen LogP contribution in [0.15, 0.2) is 42.5 Å². The molecule has 50 heavy (non-hydrogen) atoms. The van der Waals surface area contributed by atoms with Crippen LogP contribution >= 0.6 is 0 Å². The van der Waals surface area contributed by atoms with Crippen LogP contribution in [0.25, 0.3) is 6.08 Å². The topological polar surface area (TPSA) is 0 Å². The van der Waals surface area contributed by atoms with Crippen molar-refractivity contribution < 1.29 is 79.0 Å². The quantitative estimate of drug-likeness (QED) is 0.220. The monoisotopic (exact) mass is 748 g/mol. The van der Waals surface area contributed by atoms with E-state index in [9.17, 15) is 79.0 Å². The number of alkyl halides is 18. The first-order chi connectivity index (χ1) is 22.4. The van der Waals surface area contributed by atoms with Crippen molar-refractivity contribution in [1.29, 1.82) is 0 Å². The Kier molecular flexibility index (Phi) is 10.8. The van der Waals surface area contributed by atoms with E-state index in [2.05, 4.69) is 0 Å². The van der Waals surface area contributed by atoms with E-state index in [1.807, 2.05) is 0 Å². The molecule has 0 aliphatic carbocycles. The van der Waals surface area contributed by atoms with Gasteiger partial charge in [-0.25, -0.2) is 0 Å². The first kappa shape index (κ1) is 40.6. The van der Waals surface area contributed by atoms with Gasteiger partial charge in [0.25, 0.3) is 0 Å². The summed E-state index contributed by atoms with van der Waals surface area (Å²) in [6, 6.07) is -0.0947. The van der Waals surface area contributed by atoms with Crippen molar-refractivity contribution in [2.24, 2.45) is 0 Å². The smallest absolute Gasteiger partial charge is 0.166 e. The van der Waals surface area contributed by atoms with Crippen molar-refractivity contribution in [1.82, 2.24) is 0 Å². The number of hydrogen-bond acceptors (Lipinski definition) is 0. The molecule has 0 heterocycles. The predicted molar refractivity (Wildman–Crippen MR) is 144 cm³/mol. The average Bonchev–Trinajstić information content (AvgIpc) is 2.93. The van der Waals surface area contributed by atoms with E-state index in [1.165, 1.54) is 6.92 Å². The third kappa shape index (κ3) is 8.71. The van der Waals surface area contributed by atoms with Crippen molar-refractivity contribution in [2.45, 2.75) is 76.6 Å². The molecule has 0 radical (unpaired) electrons. The summed E-state index contributed by atoms with van der Waals surface area (Å²) >= 11 is 0. The van der Waals surface area contributed by atoms with E-state index in [-0.39, 0.29) is 36.4 Å². The van der Waals surface area contributed by atoms with Gasteiger partial charge in [-0.15, -0.1) is 0 Å². The molecule has 0 saturated carbocycles. The molecule has 0 aromatic heterocycles.